The van der Waals surface area contributed by atoms with Crippen molar-refractivity contribution in [1.82, 2.24) is 0 Å². The molecule has 1 aliphatic rings. The van der Waals surface area contributed by atoms with Crippen molar-refractivity contribution < 1.29 is 9.53 Å². The Balaban J connectivity index is 2.45. The van der Waals surface area contributed by atoms with Crippen LogP contribution in [0.4, 0.5) is 0 Å². The molecule has 0 radical (unpaired) electrons. The zero-order valence-electron chi connectivity index (χ0n) is 11.2. The van der Waals surface area contributed by atoms with Crippen molar-refractivity contribution in [2.24, 2.45) is 11.7 Å². The van der Waals surface area contributed by atoms with Crippen molar-refractivity contribution in [3.8, 4) is 5.75 Å². The lowest BCUT2D eigenvalue weighted by Gasteiger charge is -2.12. The summed E-state index contributed by atoms with van der Waals surface area (Å²) in [5.74, 6) is 0.635. The first-order valence-corrected chi connectivity index (χ1v) is 6.83. The number of carbonyl (C=O) groups is 1. The molecule has 0 heterocycles. The number of methoxy groups -OCH3 is 1. The average Bonchev–Trinajstić information content (AvgIpc) is 2.65. The van der Waals surface area contributed by atoms with Crippen LogP contribution in [0.1, 0.15) is 31.7 Å². The predicted octanol–water partition coefficient (Wildman–Crippen LogP) is 3.41. The van der Waals surface area contributed by atoms with Gasteiger partial charge in [0.05, 0.1) is 12.1 Å². The Kier molecular flexibility index (Phi) is 4.15. The number of ketones is 1. The van der Waals surface area contributed by atoms with Crippen molar-refractivity contribution >= 4 is 23.0 Å². The van der Waals surface area contributed by atoms with Crippen molar-refractivity contribution in [3.05, 3.63) is 34.5 Å². The van der Waals surface area contributed by atoms with E-state index < -0.39 is 0 Å². The summed E-state index contributed by atoms with van der Waals surface area (Å²) in [5.41, 5.74) is 7.98. The Bertz CT molecular complexity index is 537. The maximum absolute atomic E-state index is 12.4. The van der Waals surface area contributed by atoms with Crippen molar-refractivity contribution in [3.63, 3.8) is 0 Å². The number of benzene rings is 1. The van der Waals surface area contributed by atoms with E-state index in [2.05, 4.69) is 6.92 Å². The molecule has 0 aromatic heterocycles. The van der Waals surface area contributed by atoms with Crippen LogP contribution in [0.25, 0.3) is 5.57 Å². The van der Waals surface area contributed by atoms with Gasteiger partial charge in [0, 0.05) is 22.8 Å². The minimum Gasteiger partial charge on any atom is -0.495 e. The van der Waals surface area contributed by atoms with Crippen LogP contribution in [0.5, 0.6) is 5.75 Å². The van der Waals surface area contributed by atoms with Crippen LogP contribution in [-0.2, 0) is 4.79 Å². The first-order valence-electron chi connectivity index (χ1n) is 6.45. The van der Waals surface area contributed by atoms with Gasteiger partial charge in [0.25, 0.3) is 0 Å². The van der Waals surface area contributed by atoms with E-state index in [0.717, 1.165) is 12.8 Å². The molecule has 1 atom stereocenters. The van der Waals surface area contributed by atoms with E-state index in [9.17, 15) is 4.79 Å². The van der Waals surface area contributed by atoms with E-state index in [1.165, 1.54) is 0 Å². The fraction of sp³-hybridized carbons (Fsp3) is 0.400. The van der Waals surface area contributed by atoms with Crippen LogP contribution in [0.3, 0.4) is 0 Å². The molecule has 1 aromatic rings. The second-order valence-electron chi connectivity index (χ2n) is 4.77. The average molecular weight is 280 g/mol. The van der Waals surface area contributed by atoms with Gasteiger partial charge in [0.1, 0.15) is 5.75 Å². The Labute approximate surface area is 118 Å². The summed E-state index contributed by atoms with van der Waals surface area (Å²) in [6.07, 6.45) is 2.48. The summed E-state index contributed by atoms with van der Waals surface area (Å²) in [6.45, 7) is 2.07. The van der Waals surface area contributed by atoms with E-state index >= 15 is 0 Å². The van der Waals surface area contributed by atoms with Gasteiger partial charge < -0.3 is 10.5 Å². The maximum Gasteiger partial charge on any atom is 0.168 e. The zero-order chi connectivity index (χ0) is 14.0. The summed E-state index contributed by atoms with van der Waals surface area (Å²) in [4.78, 5) is 12.4. The van der Waals surface area contributed by atoms with Gasteiger partial charge in [-0.1, -0.05) is 37.1 Å². The van der Waals surface area contributed by atoms with E-state index in [1.807, 2.05) is 6.07 Å². The summed E-state index contributed by atoms with van der Waals surface area (Å²) < 4.78 is 5.31. The number of allylic oxidation sites excluding steroid dienone is 2. The van der Waals surface area contributed by atoms with Crippen LogP contribution < -0.4 is 10.5 Å². The number of para-hydroxylation sites is 1. The van der Waals surface area contributed by atoms with Gasteiger partial charge >= 0.3 is 0 Å². The standard InChI is InChI=1S/C15H18ClNO2/c1-3-5-9-8-12(17)13(14(9)18)10-6-4-7-11(16)15(10)19-2/h4,6-7,9H,3,5,8,17H2,1-2H3. The first kappa shape index (κ1) is 13.9. The summed E-state index contributed by atoms with van der Waals surface area (Å²) in [5, 5.41) is 0.493. The van der Waals surface area contributed by atoms with Crippen LogP contribution >= 0.6 is 11.6 Å². The van der Waals surface area contributed by atoms with Gasteiger partial charge in [0.15, 0.2) is 5.78 Å². The van der Waals surface area contributed by atoms with Gasteiger partial charge in [-0.25, -0.2) is 0 Å². The SMILES string of the molecule is CCCC1CC(N)=C(c2cccc(Cl)c2OC)C1=O. The van der Waals surface area contributed by atoms with Gasteiger partial charge in [-0.15, -0.1) is 0 Å². The second-order valence-corrected chi connectivity index (χ2v) is 5.18. The van der Waals surface area contributed by atoms with E-state index in [1.54, 1.807) is 19.2 Å². The van der Waals surface area contributed by atoms with Crippen LogP contribution in [0.2, 0.25) is 5.02 Å². The number of ether oxygens (including phenoxy) is 1. The molecule has 102 valence electrons. The highest BCUT2D eigenvalue weighted by Gasteiger charge is 2.33. The Morgan fingerprint density at radius 2 is 2.21 bits per heavy atom. The van der Waals surface area contributed by atoms with Crippen LogP contribution in [-0.4, -0.2) is 12.9 Å². The molecule has 1 aromatic carbocycles. The fourth-order valence-electron chi connectivity index (χ4n) is 2.62. The van der Waals surface area contributed by atoms with Crippen molar-refractivity contribution in [2.45, 2.75) is 26.2 Å². The topological polar surface area (TPSA) is 52.3 Å². The predicted molar refractivity (Wildman–Crippen MR) is 77.1 cm³/mol. The molecular formula is C15H18ClNO2. The third-order valence-corrected chi connectivity index (χ3v) is 3.78. The van der Waals surface area contributed by atoms with Gasteiger partial charge in [-0.3, -0.25) is 4.79 Å². The molecule has 0 saturated heterocycles. The molecule has 3 nitrogen and oxygen atoms in total. The highest BCUT2D eigenvalue weighted by Crippen LogP contribution is 2.40. The van der Waals surface area contributed by atoms with Crippen LogP contribution in [0, 0.1) is 5.92 Å². The lowest BCUT2D eigenvalue weighted by Crippen LogP contribution is -2.10. The lowest BCUT2D eigenvalue weighted by atomic mass is 9.95. The fourth-order valence-corrected chi connectivity index (χ4v) is 2.87. The van der Waals surface area contributed by atoms with E-state index in [-0.39, 0.29) is 11.7 Å². The molecular weight excluding hydrogens is 262 g/mol. The zero-order valence-corrected chi connectivity index (χ0v) is 12.0. The molecule has 0 amide bonds. The third-order valence-electron chi connectivity index (χ3n) is 3.48. The Morgan fingerprint density at radius 3 is 2.84 bits per heavy atom. The molecule has 0 spiro atoms. The van der Waals surface area contributed by atoms with Gasteiger partial charge in [-0.2, -0.15) is 0 Å². The molecule has 0 fully saturated rings. The molecule has 0 aliphatic heterocycles. The normalized spacial score (nSPS) is 19.1. The Morgan fingerprint density at radius 1 is 1.47 bits per heavy atom. The summed E-state index contributed by atoms with van der Waals surface area (Å²) in [6, 6.07) is 5.38. The van der Waals surface area contributed by atoms with E-state index in [0.29, 0.717) is 34.0 Å². The number of hydrogen-bond donors (Lipinski definition) is 1. The second kappa shape index (κ2) is 5.66. The molecule has 0 saturated carbocycles. The number of nitrogens with two attached hydrogens (primary N) is 1. The number of carbonyl (C=O) groups excluding carboxylic acids is 1. The van der Waals surface area contributed by atoms with E-state index in [4.69, 9.17) is 22.1 Å². The molecule has 0 bridgehead atoms. The molecule has 1 aliphatic carbocycles. The lowest BCUT2D eigenvalue weighted by molar-refractivity contribution is -0.116. The number of Topliss-reactive ketones (excluding diaryl/α,β-unsaturated/α-hetero) is 1. The first-order chi connectivity index (χ1) is 9.10. The van der Waals surface area contributed by atoms with Crippen LogP contribution in [0.15, 0.2) is 23.9 Å². The third kappa shape index (κ3) is 2.47. The minimum atomic E-state index is 0.00341. The summed E-state index contributed by atoms with van der Waals surface area (Å²) in [7, 11) is 1.55. The Hall–Kier alpha value is -1.48. The van der Waals surface area contributed by atoms with Gasteiger partial charge in [-0.05, 0) is 18.9 Å². The smallest absolute Gasteiger partial charge is 0.168 e. The highest BCUT2D eigenvalue weighted by molar-refractivity contribution is 6.33. The molecule has 2 N–H and O–H groups in total. The molecule has 2 rings (SSSR count). The number of hydrogen-bond acceptors (Lipinski definition) is 3. The minimum absolute atomic E-state index is 0.00341. The number of rotatable bonds is 4. The highest BCUT2D eigenvalue weighted by atomic mass is 35.5. The summed E-state index contributed by atoms with van der Waals surface area (Å²) >= 11 is 6.10. The maximum atomic E-state index is 12.4. The quantitative estimate of drug-likeness (QED) is 0.919. The van der Waals surface area contributed by atoms with Crippen molar-refractivity contribution in [2.75, 3.05) is 7.11 Å². The molecule has 4 heteroatoms. The molecule has 1 unspecified atom stereocenters. The van der Waals surface area contributed by atoms with Gasteiger partial charge in [0.2, 0.25) is 0 Å². The van der Waals surface area contributed by atoms with Crippen molar-refractivity contribution in [1.29, 1.82) is 0 Å². The largest absolute Gasteiger partial charge is 0.495 e. The molecule has 19 heavy (non-hydrogen) atoms. The number of halogens is 1. The monoisotopic (exact) mass is 279 g/mol.